The molecule has 0 aliphatic carbocycles. The van der Waals surface area contributed by atoms with Crippen molar-refractivity contribution in [2.45, 2.75) is 44.9 Å². The average molecular weight is 407 g/mol. The molecule has 2 aliphatic rings. The van der Waals surface area contributed by atoms with Gasteiger partial charge < -0.3 is 15.1 Å². The Morgan fingerprint density at radius 3 is 2.39 bits per heavy atom. The maximum Gasteiger partial charge on any atom is 0.193 e. The van der Waals surface area contributed by atoms with Crippen LogP contribution in [0.3, 0.4) is 0 Å². The molecule has 0 unspecified atom stereocenters. The number of sulfone groups is 1. The monoisotopic (exact) mass is 406 g/mol. The molecular formula is C21H34N4O2S. The minimum absolute atomic E-state index is 0.170. The topological polar surface area (TPSA) is 65.0 Å². The van der Waals surface area contributed by atoms with Gasteiger partial charge in [0.25, 0.3) is 0 Å². The highest BCUT2D eigenvalue weighted by Gasteiger charge is 2.40. The summed E-state index contributed by atoms with van der Waals surface area (Å²) in [5, 5.41) is 3.39. The molecule has 0 saturated carbocycles. The summed E-state index contributed by atoms with van der Waals surface area (Å²) in [5.41, 5.74) is 2.49. The van der Waals surface area contributed by atoms with E-state index in [0.717, 1.165) is 25.0 Å². The molecule has 0 aromatic heterocycles. The van der Waals surface area contributed by atoms with Gasteiger partial charge in [-0.15, -0.1) is 0 Å². The van der Waals surface area contributed by atoms with E-state index in [1.54, 1.807) is 20.9 Å². The quantitative estimate of drug-likeness (QED) is 0.617. The van der Waals surface area contributed by atoms with Gasteiger partial charge in [0.1, 0.15) is 0 Å². The van der Waals surface area contributed by atoms with Crippen LogP contribution in [-0.4, -0.2) is 63.0 Å². The Kier molecular flexibility index (Phi) is 6.22. The van der Waals surface area contributed by atoms with E-state index in [1.165, 1.54) is 24.1 Å². The number of hydrogen-bond donors (Lipinski definition) is 1. The van der Waals surface area contributed by atoms with Crippen molar-refractivity contribution in [2.24, 2.45) is 10.9 Å². The van der Waals surface area contributed by atoms with Gasteiger partial charge >= 0.3 is 0 Å². The summed E-state index contributed by atoms with van der Waals surface area (Å²) in [7, 11) is -1.30. The van der Waals surface area contributed by atoms with Crippen molar-refractivity contribution in [3.8, 4) is 0 Å². The Bertz CT molecular complexity index is 794. The Morgan fingerprint density at radius 1 is 1.18 bits per heavy atom. The van der Waals surface area contributed by atoms with Crippen LogP contribution in [0.25, 0.3) is 0 Å². The first kappa shape index (κ1) is 21.0. The van der Waals surface area contributed by atoms with Crippen LogP contribution in [0.15, 0.2) is 29.3 Å². The summed E-state index contributed by atoms with van der Waals surface area (Å²) >= 11 is 0. The standard InChI is InChI=1S/C21H34N4O2S/c1-17-9-11-24(12-10-17)19-7-5-18(6-8-19)15-23-20(22-4)25-13-14-28(26,27)21(2,3)16-25/h5-8,17H,9-16H2,1-4H3,(H,22,23). The molecule has 156 valence electrons. The largest absolute Gasteiger partial charge is 0.372 e. The highest BCUT2D eigenvalue weighted by atomic mass is 32.2. The zero-order chi connectivity index (χ0) is 20.4. The molecule has 6 nitrogen and oxygen atoms in total. The Labute approximate surface area is 169 Å². The first-order chi connectivity index (χ1) is 13.2. The van der Waals surface area contributed by atoms with Gasteiger partial charge in [-0.05, 0) is 50.3 Å². The first-order valence-electron chi connectivity index (χ1n) is 10.2. The third-order valence-corrected chi connectivity index (χ3v) is 8.62. The maximum atomic E-state index is 12.2. The molecule has 0 amide bonds. The number of aliphatic imine (C=N–C) groups is 1. The second-order valence-corrected chi connectivity index (χ2v) is 11.5. The van der Waals surface area contributed by atoms with Crippen LogP contribution >= 0.6 is 0 Å². The Morgan fingerprint density at radius 2 is 1.82 bits per heavy atom. The van der Waals surface area contributed by atoms with Crippen LogP contribution in [0.2, 0.25) is 0 Å². The second kappa shape index (κ2) is 8.31. The minimum Gasteiger partial charge on any atom is -0.372 e. The van der Waals surface area contributed by atoms with E-state index in [4.69, 9.17) is 0 Å². The van der Waals surface area contributed by atoms with Gasteiger partial charge in [0.15, 0.2) is 15.8 Å². The van der Waals surface area contributed by atoms with E-state index in [-0.39, 0.29) is 5.75 Å². The van der Waals surface area contributed by atoms with E-state index >= 15 is 0 Å². The second-order valence-electron chi connectivity index (χ2n) is 8.74. The van der Waals surface area contributed by atoms with Crippen molar-refractivity contribution in [1.82, 2.24) is 10.2 Å². The van der Waals surface area contributed by atoms with E-state index in [9.17, 15) is 8.42 Å². The lowest BCUT2D eigenvalue weighted by molar-refractivity contribution is 0.353. The molecule has 2 heterocycles. The third-order valence-electron chi connectivity index (χ3n) is 6.09. The molecule has 2 aliphatic heterocycles. The Balaban J connectivity index is 1.57. The SMILES string of the molecule is CN=C(NCc1ccc(N2CCC(C)CC2)cc1)N1CCS(=O)(=O)C(C)(C)C1. The number of piperidine rings is 1. The summed E-state index contributed by atoms with van der Waals surface area (Å²) in [4.78, 5) is 8.88. The molecular weight excluding hydrogens is 372 g/mol. The maximum absolute atomic E-state index is 12.2. The number of nitrogens with one attached hydrogen (secondary N) is 1. The molecule has 3 rings (SSSR count). The summed E-state index contributed by atoms with van der Waals surface area (Å²) in [6.07, 6.45) is 2.53. The summed E-state index contributed by atoms with van der Waals surface area (Å²) in [6, 6.07) is 8.73. The summed E-state index contributed by atoms with van der Waals surface area (Å²) in [5.74, 6) is 1.77. The number of nitrogens with zero attached hydrogens (tertiary/aromatic N) is 3. The van der Waals surface area contributed by atoms with Crippen LogP contribution in [0.4, 0.5) is 5.69 Å². The van der Waals surface area contributed by atoms with Crippen LogP contribution in [0, 0.1) is 5.92 Å². The predicted molar refractivity (Wildman–Crippen MR) is 117 cm³/mol. The molecule has 1 N–H and O–H groups in total. The van der Waals surface area contributed by atoms with Crippen molar-refractivity contribution < 1.29 is 8.42 Å². The molecule has 7 heteroatoms. The van der Waals surface area contributed by atoms with E-state index < -0.39 is 14.6 Å². The van der Waals surface area contributed by atoms with Crippen molar-refractivity contribution in [3.63, 3.8) is 0 Å². The molecule has 1 aromatic rings. The van der Waals surface area contributed by atoms with Crippen molar-refractivity contribution in [1.29, 1.82) is 0 Å². The number of rotatable bonds is 3. The lowest BCUT2D eigenvalue weighted by Crippen LogP contribution is -2.57. The van der Waals surface area contributed by atoms with Gasteiger partial charge in [-0.3, -0.25) is 4.99 Å². The van der Waals surface area contributed by atoms with E-state index in [0.29, 0.717) is 19.6 Å². The van der Waals surface area contributed by atoms with Crippen LogP contribution in [0.5, 0.6) is 0 Å². The van der Waals surface area contributed by atoms with E-state index in [2.05, 4.69) is 46.4 Å². The smallest absolute Gasteiger partial charge is 0.193 e. The zero-order valence-electron chi connectivity index (χ0n) is 17.6. The summed E-state index contributed by atoms with van der Waals surface area (Å²) < 4.78 is 23.7. The fourth-order valence-corrected chi connectivity index (χ4v) is 5.30. The molecule has 0 spiro atoms. The highest BCUT2D eigenvalue weighted by molar-refractivity contribution is 7.92. The number of hydrogen-bond acceptors (Lipinski definition) is 4. The van der Waals surface area contributed by atoms with Gasteiger partial charge in [0, 0.05) is 45.5 Å². The Hall–Kier alpha value is -1.76. The van der Waals surface area contributed by atoms with Crippen LogP contribution in [-0.2, 0) is 16.4 Å². The molecule has 2 fully saturated rings. The molecule has 0 radical (unpaired) electrons. The normalized spacial score (nSPS) is 22.9. The number of anilines is 1. The van der Waals surface area contributed by atoms with Gasteiger partial charge in [0.2, 0.25) is 0 Å². The van der Waals surface area contributed by atoms with Gasteiger partial charge in [-0.2, -0.15) is 0 Å². The molecule has 1 aromatic carbocycles. The van der Waals surface area contributed by atoms with Crippen molar-refractivity contribution in [3.05, 3.63) is 29.8 Å². The van der Waals surface area contributed by atoms with Gasteiger partial charge in [0.05, 0.1) is 10.5 Å². The van der Waals surface area contributed by atoms with Crippen molar-refractivity contribution >= 4 is 21.5 Å². The number of guanidine groups is 1. The molecule has 0 atom stereocenters. The summed E-state index contributed by atoms with van der Waals surface area (Å²) in [6.45, 7) is 9.81. The fraction of sp³-hybridized carbons (Fsp3) is 0.667. The zero-order valence-corrected chi connectivity index (χ0v) is 18.4. The van der Waals surface area contributed by atoms with Gasteiger partial charge in [-0.25, -0.2) is 8.42 Å². The average Bonchev–Trinajstić information content (AvgIpc) is 2.66. The first-order valence-corrected chi connectivity index (χ1v) is 11.9. The number of benzene rings is 1. The molecule has 28 heavy (non-hydrogen) atoms. The lowest BCUT2D eigenvalue weighted by atomic mass is 9.99. The predicted octanol–water partition coefficient (Wildman–Crippen LogP) is 2.51. The van der Waals surface area contributed by atoms with Crippen molar-refractivity contribution in [2.75, 3.05) is 43.9 Å². The highest BCUT2D eigenvalue weighted by Crippen LogP contribution is 2.24. The third kappa shape index (κ3) is 4.62. The lowest BCUT2D eigenvalue weighted by Gasteiger charge is -2.39. The fourth-order valence-electron chi connectivity index (χ4n) is 3.93. The molecule has 2 saturated heterocycles. The molecule has 0 bridgehead atoms. The van der Waals surface area contributed by atoms with Gasteiger partial charge in [-0.1, -0.05) is 19.1 Å². The van der Waals surface area contributed by atoms with E-state index in [1.807, 2.05) is 4.90 Å². The van der Waals surface area contributed by atoms with Crippen LogP contribution < -0.4 is 10.2 Å². The van der Waals surface area contributed by atoms with Crippen LogP contribution in [0.1, 0.15) is 39.2 Å². The minimum atomic E-state index is -3.05.